The van der Waals surface area contributed by atoms with Crippen LogP contribution in [0.4, 0.5) is 0 Å². The summed E-state index contributed by atoms with van der Waals surface area (Å²) in [7, 11) is 0. The van der Waals surface area contributed by atoms with E-state index in [1.54, 1.807) is 0 Å². The van der Waals surface area contributed by atoms with Gasteiger partial charge in [0.15, 0.2) is 0 Å². The summed E-state index contributed by atoms with van der Waals surface area (Å²) in [6.45, 7) is 11.7. The molecule has 0 aromatic heterocycles. The normalized spacial score (nSPS) is 13.5. The molecule has 0 radical (unpaired) electrons. The SMILES string of the molecule is CC(C)(C)C(=O)[C@H](Cc1ccccc1)CN(S)C(=O)C(C)(C)C. The van der Waals surface area contributed by atoms with Crippen molar-refractivity contribution in [1.29, 1.82) is 0 Å². The molecule has 1 amide bonds. The van der Waals surface area contributed by atoms with Crippen LogP contribution in [-0.2, 0) is 16.0 Å². The molecule has 128 valence electrons. The van der Waals surface area contributed by atoms with Crippen LogP contribution in [0.25, 0.3) is 0 Å². The Morgan fingerprint density at radius 2 is 1.52 bits per heavy atom. The van der Waals surface area contributed by atoms with Crippen molar-refractivity contribution in [2.45, 2.75) is 48.0 Å². The molecule has 1 aromatic rings. The van der Waals surface area contributed by atoms with Gasteiger partial charge in [-0.25, -0.2) is 0 Å². The fourth-order valence-electron chi connectivity index (χ4n) is 2.43. The summed E-state index contributed by atoms with van der Waals surface area (Å²) in [6.07, 6.45) is 0.616. The van der Waals surface area contributed by atoms with Crippen molar-refractivity contribution in [3.63, 3.8) is 0 Å². The van der Waals surface area contributed by atoms with Gasteiger partial charge in [-0.2, -0.15) is 0 Å². The van der Waals surface area contributed by atoms with Crippen LogP contribution in [0, 0.1) is 16.7 Å². The van der Waals surface area contributed by atoms with E-state index in [4.69, 9.17) is 0 Å². The molecule has 1 rings (SSSR count). The highest BCUT2D eigenvalue weighted by Crippen LogP contribution is 2.26. The Bertz CT molecular complexity index is 541. The molecule has 1 atom stereocenters. The van der Waals surface area contributed by atoms with E-state index in [9.17, 15) is 9.59 Å². The molecule has 4 heteroatoms. The van der Waals surface area contributed by atoms with Gasteiger partial charge in [-0.1, -0.05) is 84.7 Å². The van der Waals surface area contributed by atoms with Crippen LogP contribution >= 0.6 is 12.8 Å². The molecule has 0 bridgehead atoms. The molecule has 0 saturated carbocycles. The second-order valence-corrected chi connectivity index (χ2v) is 8.62. The van der Waals surface area contributed by atoms with Crippen molar-refractivity contribution < 1.29 is 9.59 Å². The number of amides is 1. The van der Waals surface area contributed by atoms with Crippen LogP contribution < -0.4 is 0 Å². The standard InChI is InChI=1S/C19H29NO2S/c1-18(2,3)16(21)15(12-14-10-8-7-9-11-14)13-20(23)17(22)19(4,5)6/h7-11,15,23H,12-13H2,1-6H3/t15-/m1/s1. The molecular formula is C19H29NO2S. The van der Waals surface area contributed by atoms with Gasteiger partial charge >= 0.3 is 0 Å². The average Bonchev–Trinajstić information content (AvgIpc) is 2.44. The van der Waals surface area contributed by atoms with Crippen molar-refractivity contribution in [2.24, 2.45) is 16.7 Å². The maximum Gasteiger partial charge on any atom is 0.237 e. The smallest absolute Gasteiger partial charge is 0.237 e. The predicted molar refractivity (Wildman–Crippen MR) is 98.3 cm³/mol. The first-order valence-electron chi connectivity index (χ1n) is 8.02. The second kappa shape index (κ2) is 7.52. The summed E-state index contributed by atoms with van der Waals surface area (Å²) in [5.74, 6) is -0.177. The summed E-state index contributed by atoms with van der Waals surface area (Å²) in [4.78, 5) is 25.2. The average molecular weight is 336 g/mol. The predicted octanol–water partition coefficient (Wildman–Crippen LogP) is 4.18. The Labute approximate surface area is 146 Å². The number of ketones is 1. The van der Waals surface area contributed by atoms with E-state index >= 15 is 0 Å². The van der Waals surface area contributed by atoms with Gasteiger partial charge in [0.2, 0.25) is 5.91 Å². The Morgan fingerprint density at radius 3 is 1.96 bits per heavy atom. The molecule has 0 fully saturated rings. The van der Waals surface area contributed by atoms with Gasteiger partial charge in [0.1, 0.15) is 5.78 Å². The van der Waals surface area contributed by atoms with Gasteiger partial charge in [0.25, 0.3) is 0 Å². The largest absolute Gasteiger partial charge is 0.299 e. The number of Topliss-reactive ketones (excluding diaryl/α,β-unsaturated/α-hetero) is 1. The van der Waals surface area contributed by atoms with Gasteiger partial charge < -0.3 is 0 Å². The lowest BCUT2D eigenvalue weighted by Gasteiger charge is -2.30. The molecule has 0 aliphatic heterocycles. The number of carbonyl (C=O) groups is 2. The Balaban J connectivity index is 2.96. The minimum atomic E-state index is -0.510. The first kappa shape index (κ1) is 19.8. The lowest BCUT2D eigenvalue weighted by Crippen LogP contribution is -2.41. The van der Waals surface area contributed by atoms with E-state index in [0.717, 1.165) is 5.56 Å². The third-order valence-corrected chi connectivity index (χ3v) is 4.05. The number of hydrogen-bond donors (Lipinski definition) is 1. The van der Waals surface area contributed by atoms with Gasteiger partial charge in [-0.3, -0.25) is 13.9 Å². The highest BCUT2D eigenvalue weighted by atomic mass is 32.1. The minimum Gasteiger partial charge on any atom is -0.299 e. The molecule has 23 heavy (non-hydrogen) atoms. The Hall–Kier alpha value is -1.29. The van der Waals surface area contributed by atoms with E-state index in [1.807, 2.05) is 71.9 Å². The fourth-order valence-corrected chi connectivity index (χ4v) is 2.93. The molecule has 0 N–H and O–H groups in total. The molecule has 0 unspecified atom stereocenters. The summed E-state index contributed by atoms with van der Waals surface area (Å²) in [5, 5.41) is 0. The third kappa shape index (κ3) is 6.02. The zero-order valence-electron chi connectivity index (χ0n) is 15.1. The molecule has 0 aliphatic carbocycles. The van der Waals surface area contributed by atoms with Crippen LogP contribution in [0.15, 0.2) is 30.3 Å². The van der Waals surface area contributed by atoms with Crippen LogP contribution in [0.3, 0.4) is 0 Å². The van der Waals surface area contributed by atoms with Gasteiger partial charge in [-0.05, 0) is 12.0 Å². The van der Waals surface area contributed by atoms with E-state index in [0.29, 0.717) is 13.0 Å². The van der Waals surface area contributed by atoms with Crippen molar-refractivity contribution in [3.05, 3.63) is 35.9 Å². The van der Waals surface area contributed by atoms with E-state index < -0.39 is 10.8 Å². The minimum absolute atomic E-state index is 0.0689. The van der Waals surface area contributed by atoms with E-state index in [2.05, 4.69) is 12.8 Å². The topological polar surface area (TPSA) is 37.4 Å². The zero-order valence-corrected chi connectivity index (χ0v) is 16.0. The van der Waals surface area contributed by atoms with Gasteiger partial charge in [-0.15, -0.1) is 0 Å². The Kier molecular flexibility index (Phi) is 6.46. The monoisotopic (exact) mass is 335 g/mol. The number of benzene rings is 1. The fraction of sp³-hybridized carbons (Fsp3) is 0.579. The molecule has 0 heterocycles. The maximum absolute atomic E-state index is 12.8. The number of nitrogens with zero attached hydrogens (tertiary/aromatic N) is 1. The molecular weight excluding hydrogens is 306 g/mol. The number of rotatable bonds is 5. The zero-order chi connectivity index (χ0) is 17.8. The first-order chi connectivity index (χ1) is 10.4. The van der Waals surface area contributed by atoms with Gasteiger partial charge in [0.05, 0.1) is 0 Å². The summed E-state index contributed by atoms with van der Waals surface area (Å²) >= 11 is 4.35. The highest BCUT2D eigenvalue weighted by molar-refractivity contribution is 7.78. The molecule has 0 saturated heterocycles. The number of carbonyl (C=O) groups excluding carboxylic acids is 2. The first-order valence-corrected chi connectivity index (χ1v) is 8.42. The summed E-state index contributed by atoms with van der Waals surface area (Å²) in [6, 6.07) is 9.91. The molecule has 0 spiro atoms. The van der Waals surface area contributed by atoms with E-state index in [-0.39, 0.29) is 17.6 Å². The summed E-state index contributed by atoms with van der Waals surface area (Å²) < 4.78 is 1.40. The van der Waals surface area contributed by atoms with Crippen LogP contribution in [0.5, 0.6) is 0 Å². The van der Waals surface area contributed by atoms with Crippen LogP contribution in [-0.4, -0.2) is 22.5 Å². The van der Waals surface area contributed by atoms with Crippen molar-refractivity contribution in [2.75, 3.05) is 6.54 Å². The quantitative estimate of drug-likeness (QED) is 0.820. The van der Waals surface area contributed by atoms with E-state index in [1.165, 1.54) is 4.31 Å². The lowest BCUT2D eigenvalue weighted by molar-refractivity contribution is -0.136. The van der Waals surface area contributed by atoms with Crippen molar-refractivity contribution >= 4 is 24.5 Å². The molecule has 0 aliphatic rings. The summed E-state index contributed by atoms with van der Waals surface area (Å²) in [5.41, 5.74) is 0.142. The number of hydrogen-bond acceptors (Lipinski definition) is 3. The van der Waals surface area contributed by atoms with Crippen molar-refractivity contribution in [1.82, 2.24) is 4.31 Å². The van der Waals surface area contributed by atoms with Crippen LogP contribution in [0.2, 0.25) is 0 Å². The van der Waals surface area contributed by atoms with Gasteiger partial charge in [0, 0.05) is 23.3 Å². The maximum atomic E-state index is 12.8. The highest BCUT2D eigenvalue weighted by Gasteiger charge is 2.33. The van der Waals surface area contributed by atoms with Crippen LogP contribution in [0.1, 0.15) is 47.1 Å². The second-order valence-electron chi connectivity index (χ2n) is 8.14. The van der Waals surface area contributed by atoms with Crippen molar-refractivity contribution in [3.8, 4) is 0 Å². The lowest BCUT2D eigenvalue weighted by atomic mass is 9.80. The molecule has 1 aromatic carbocycles. The Morgan fingerprint density at radius 1 is 1.00 bits per heavy atom. The molecule has 3 nitrogen and oxygen atoms in total. The third-order valence-electron chi connectivity index (χ3n) is 3.70. The number of thiol groups is 1.